The van der Waals surface area contributed by atoms with Gasteiger partial charge >= 0.3 is 0 Å². The van der Waals surface area contributed by atoms with E-state index >= 15 is 0 Å². The van der Waals surface area contributed by atoms with E-state index in [-0.39, 0.29) is 5.91 Å². The molecule has 1 aliphatic heterocycles. The number of fused-ring (bicyclic) bond motifs is 1. The SMILES string of the molecule is NC(Cc1ccc(Cl)cc1)C(=O)N1CCN(c2ccc3[nH]ncc3c2)CC1. The molecule has 7 heteroatoms. The summed E-state index contributed by atoms with van der Waals surface area (Å²) in [6.45, 7) is 2.94. The summed E-state index contributed by atoms with van der Waals surface area (Å²) in [6, 6.07) is 13.2. The van der Waals surface area contributed by atoms with Crippen molar-refractivity contribution in [1.29, 1.82) is 0 Å². The van der Waals surface area contributed by atoms with E-state index in [0.29, 0.717) is 24.5 Å². The van der Waals surface area contributed by atoms with Crippen molar-refractivity contribution in [2.75, 3.05) is 31.1 Å². The van der Waals surface area contributed by atoms with E-state index in [9.17, 15) is 4.79 Å². The van der Waals surface area contributed by atoms with Crippen LogP contribution < -0.4 is 10.6 Å². The number of anilines is 1. The Balaban J connectivity index is 1.35. The number of aromatic nitrogens is 2. The molecule has 0 saturated carbocycles. The number of amides is 1. The van der Waals surface area contributed by atoms with Crippen LogP contribution >= 0.6 is 11.6 Å². The standard InChI is InChI=1S/C20H22ClN5O/c21-16-3-1-14(2-4-16)11-18(22)20(27)26-9-7-25(8-10-26)17-5-6-19-15(12-17)13-23-24-19/h1-6,12-13,18H,7-11,22H2,(H,23,24). The summed E-state index contributed by atoms with van der Waals surface area (Å²) in [4.78, 5) is 16.9. The van der Waals surface area contributed by atoms with Gasteiger partial charge in [-0.2, -0.15) is 5.10 Å². The van der Waals surface area contributed by atoms with Gasteiger partial charge in [-0.25, -0.2) is 0 Å². The van der Waals surface area contributed by atoms with E-state index in [1.807, 2.05) is 41.4 Å². The van der Waals surface area contributed by atoms with Gasteiger partial charge in [-0.15, -0.1) is 0 Å². The molecule has 1 unspecified atom stereocenters. The molecule has 0 spiro atoms. The van der Waals surface area contributed by atoms with Crippen molar-refractivity contribution in [3.05, 3.63) is 59.2 Å². The van der Waals surface area contributed by atoms with Crippen LogP contribution in [0.1, 0.15) is 5.56 Å². The number of benzene rings is 2. The average molecular weight is 384 g/mol. The molecular weight excluding hydrogens is 362 g/mol. The van der Waals surface area contributed by atoms with Crippen LogP contribution in [0.15, 0.2) is 48.7 Å². The molecule has 140 valence electrons. The summed E-state index contributed by atoms with van der Waals surface area (Å²) in [5, 5.41) is 8.81. The highest BCUT2D eigenvalue weighted by Gasteiger charge is 2.25. The molecule has 2 aromatic carbocycles. The van der Waals surface area contributed by atoms with Gasteiger partial charge in [0.05, 0.1) is 17.8 Å². The van der Waals surface area contributed by atoms with Gasteiger partial charge in [-0.1, -0.05) is 23.7 Å². The Kier molecular flexibility index (Phi) is 5.01. The fourth-order valence-electron chi connectivity index (χ4n) is 3.51. The molecule has 0 radical (unpaired) electrons. The zero-order valence-corrected chi connectivity index (χ0v) is 15.7. The highest BCUT2D eigenvalue weighted by Crippen LogP contribution is 2.22. The lowest BCUT2D eigenvalue weighted by Gasteiger charge is -2.37. The minimum absolute atomic E-state index is 0.00915. The van der Waals surface area contributed by atoms with Crippen molar-refractivity contribution in [1.82, 2.24) is 15.1 Å². The lowest BCUT2D eigenvalue weighted by atomic mass is 10.1. The quantitative estimate of drug-likeness (QED) is 0.725. The third-order valence-corrected chi connectivity index (χ3v) is 5.32. The second-order valence-electron chi connectivity index (χ2n) is 6.89. The number of piperazine rings is 1. The van der Waals surface area contributed by atoms with Gasteiger partial charge in [-0.05, 0) is 42.3 Å². The zero-order valence-electron chi connectivity index (χ0n) is 14.9. The van der Waals surface area contributed by atoms with Crippen molar-refractivity contribution in [3.8, 4) is 0 Å². The number of hydrogen-bond donors (Lipinski definition) is 2. The van der Waals surface area contributed by atoms with Crippen molar-refractivity contribution >= 4 is 34.1 Å². The van der Waals surface area contributed by atoms with Crippen molar-refractivity contribution in [3.63, 3.8) is 0 Å². The lowest BCUT2D eigenvalue weighted by Crippen LogP contribution is -2.53. The number of aromatic amines is 1. The van der Waals surface area contributed by atoms with Crippen LogP contribution in [0, 0.1) is 0 Å². The summed E-state index contributed by atoms with van der Waals surface area (Å²) in [5.41, 5.74) is 9.37. The molecular formula is C20H22ClN5O. The Bertz CT molecular complexity index is 931. The molecule has 3 aromatic rings. The number of rotatable bonds is 4. The van der Waals surface area contributed by atoms with Crippen LogP contribution in [0.4, 0.5) is 5.69 Å². The maximum atomic E-state index is 12.7. The molecule has 1 atom stereocenters. The van der Waals surface area contributed by atoms with Gasteiger partial charge in [0.2, 0.25) is 5.91 Å². The van der Waals surface area contributed by atoms with Gasteiger partial charge in [0, 0.05) is 42.3 Å². The van der Waals surface area contributed by atoms with Crippen LogP contribution in [0.25, 0.3) is 10.9 Å². The monoisotopic (exact) mass is 383 g/mol. The molecule has 4 rings (SSSR count). The van der Waals surface area contributed by atoms with E-state index < -0.39 is 6.04 Å². The maximum Gasteiger partial charge on any atom is 0.239 e. The minimum atomic E-state index is -0.528. The second-order valence-corrected chi connectivity index (χ2v) is 7.33. The van der Waals surface area contributed by atoms with Gasteiger partial charge in [-0.3, -0.25) is 9.89 Å². The first kappa shape index (κ1) is 17.8. The number of H-pyrrole nitrogens is 1. The molecule has 1 saturated heterocycles. The van der Waals surface area contributed by atoms with Crippen LogP contribution in [-0.4, -0.2) is 53.2 Å². The van der Waals surface area contributed by atoms with Crippen LogP contribution in [0.2, 0.25) is 5.02 Å². The molecule has 1 amide bonds. The van der Waals surface area contributed by atoms with Crippen LogP contribution in [0.5, 0.6) is 0 Å². The van der Waals surface area contributed by atoms with Crippen molar-refractivity contribution in [2.45, 2.75) is 12.5 Å². The van der Waals surface area contributed by atoms with E-state index in [4.69, 9.17) is 17.3 Å². The Hall–Kier alpha value is -2.57. The van der Waals surface area contributed by atoms with Crippen molar-refractivity contribution < 1.29 is 4.79 Å². The highest BCUT2D eigenvalue weighted by molar-refractivity contribution is 6.30. The van der Waals surface area contributed by atoms with E-state index in [0.717, 1.165) is 35.2 Å². The molecule has 1 aliphatic rings. The minimum Gasteiger partial charge on any atom is -0.368 e. The Labute approximate surface area is 162 Å². The second kappa shape index (κ2) is 7.58. The average Bonchev–Trinajstić information content (AvgIpc) is 3.17. The van der Waals surface area contributed by atoms with Crippen LogP contribution in [-0.2, 0) is 11.2 Å². The number of carbonyl (C=O) groups is 1. The third-order valence-electron chi connectivity index (χ3n) is 5.07. The summed E-state index contributed by atoms with van der Waals surface area (Å²) >= 11 is 5.91. The molecule has 6 nitrogen and oxygen atoms in total. The Morgan fingerprint density at radius 1 is 1.15 bits per heavy atom. The molecule has 27 heavy (non-hydrogen) atoms. The topological polar surface area (TPSA) is 78.3 Å². The normalized spacial score (nSPS) is 15.9. The molecule has 0 bridgehead atoms. The third kappa shape index (κ3) is 3.91. The fraction of sp³-hybridized carbons (Fsp3) is 0.300. The van der Waals surface area contributed by atoms with Crippen LogP contribution in [0.3, 0.4) is 0 Å². The van der Waals surface area contributed by atoms with E-state index in [1.165, 1.54) is 0 Å². The predicted molar refractivity (Wildman–Crippen MR) is 108 cm³/mol. The fourth-order valence-corrected chi connectivity index (χ4v) is 3.63. The first-order valence-corrected chi connectivity index (χ1v) is 9.45. The molecule has 1 aromatic heterocycles. The number of halogens is 1. The smallest absolute Gasteiger partial charge is 0.239 e. The number of carbonyl (C=O) groups excluding carboxylic acids is 1. The summed E-state index contributed by atoms with van der Waals surface area (Å²) in [5.74, 6) is 0.00915. The molecule has 0 aliphatic carbocycles. The largest absolute Gasteiger partial charge is 0.368 e. The van der Waals surface area contributed by atoms with Gasteiger partial charge in [0.1, 0.15) is 0 Å². The Morgan fingerprint density at radius 2 is 1.89 bits per heavy atom. The lowest BCUT2D eigenvalue weighted by molar-refractivity contribution is -0.132. The number of nitrogens with one attached hydrogen (secondary N) is 1. The van der Waals surface area contributed by atoms with Gasteiger partial charge in [0.25, 0.3) is 0 Å². The first-order valence-electron chi connectivity index (χ1n) is 9.07. The summed E-state index contributed by atoms with van der Waals surface area (Å²) in [6.07, 6.45) is 2.35. The summed E-state index contributed by atoms with van der Waals surface area (Å²) < 4.78 is 0. The van der Waals surface area contributed by atoms with E-state index in [1.54, 1.807) is 0 Å². The number of nitrogens with zero attached hydrogens (tertiary/aromatic N) is 3. The zero-order chi connectivity index (χ0) is 18.8. The van der Waals surface area contributed by atoms with Gasteiger partial charge in [0.15, 0.2) is 0 Å². The number of nitrogens with two attached hydrogens (primary N) is 1. The summed E-state index contributed by atoms with van der Waals surface area (Å²) in [7, 11) is 0. The van der Waals surface area contributed by atoms with E-state index in [2.05, 4.69) is 27.2 Å². The molecule has 3 N–H and O–H groups in total. The first-order chi connectivity index (χ1) is 13.1. The number of hydrogen-bond acceptors (Lipinski definition) is 4. The Morgan fingerprint density at radius 3 is 2.63 bits per heavy atom. The highest BCUT2D eigenvalue weighted by atomic mass is 35.5. The molecule has 1 fully saturated rings. The van der Waals surface area contributed by atoms with Crippen molar-refractivity contribution in [2.24, 2.45) is 5.73 Å². The van der Waals surface area contributed by atoms with Gasteiger partial charge < -0.3 is 15.5 Å². The maximum absolute atomic E-state index is 12.7. The molecule has 2 heterocycles. The predicted octanol–water partition coefficient (Wildman–Crippen LogP) is 2.43.